The number of fused-ring (bicyclic) bond motifs is 1. The van der Waals surface area contributed by atoms with Crippen molar-refractivity contribution < 1.29 is 9.59 Å². The Kier molecular flexibility index (Phi) is 3.14. The van der Waals surface area contributed by atoms with Gasteiger partial charge in [-0.05, 0) is 29.7 Å². The van der Waals surface area contributed by atoms with Gasteiger partial charge in [0.25, 0.3) is 11.7 Å². The summed E-state index contributed by atoms with van der Waals surface area (Å²) in [4.78, 5) is 26.2. The zero-order valence-electron chi connectivity index (χ0n) is 11.4. The average molecular weight is 268 g/mol. The van der Waals surface area contributed by atoms with Crippen LogP contribution in [0.25, 0.3) is 0 Å². The summed E-state index contributed by atoms with van der Waals surface area (Å²) in [5, 5.41) is 0. The van der Waals surface area contributed by atoms with E-state index >= 15 is 0 Å². The van der Waals surface area contributed by atoms with E-state index in [2.05, 4.69) is 6.07 Å². The number of ketones is 1. The molecule has 0 aliphatic carbocycles. The Labute approximate surface area is 117 Å². The smallest absolute Gasteiger partial charge is 0.296 e. The largest absolute Gasteiger partial charge is 0.348 e. The third-order valence-corrected chi connectivity index (χ3v) is 3.79. The summed E-state index contributed by atoms with van der Waals surface area (Å²) in [5.41, 5.74) is 2.84. The van der Waals surface area contributed by atoms with Gasteiger partial charge >= 0.3 is 0 Å². The molecule has 1 aromatic heterocycles. The number of carbonyl (C=O) groups is 2. The predicted molar refractivity (Wildman–Crippen MR) is 75.3 cm³/mol. The molecule has 0 saturated heterocycles. The van der Waals surface area contributed by atoms with Crippen molar-refractivity contribution in [1.29, 1.82) is 0 Å². The molecule has 1 aliphatic rings. The van der Waals surface area contributed by atoms with Gasteiger partial charge in [-0.3, -0.25) is 9.59 Å². The van der Waals surface area contributed by atoms with Crippen LogP contribution in [0.15, 0.2) is 42.6 Å². The van der Waals surface area contributed by atoms with Crippen LogP contribution in [-0.2, 0) is 24.8 Å². The van der Waals surface area contributed by atoms with Crippen LogP contribution in [0, 0.1) is 0 Å². The van der Waals surface area contributed by atoms with Crippen LogP contribution in [0.3, 0.4) is 0 Å². The number of aryl methyl sites for hydroxylation is 1. The Morgan fingerprint density at radius 2 is 1.80 bits per heavy atom. The number of nitrogens with zero attached hydrogens (tertiary/aromatic N) is 2. The number of Topliss-reactive ketones (excluding diaryl/α,β-unsaturated/α-hetero) is 1. The summed E-state index contributed by atoms with van der Waals surface area (Å²) >= 11 is 0. The Morgan fingerprint density at radius 3 is 2.50 bits per heavy atom. The molecule has 0 atom stereocenters. The van der Waals surface area contributed by atoms with E-state index in [9.17, 15) is 9.59 Å². The van der Waals surface area contributed by atoms with Gasteiger partial charge in [-0.1, -0.05) is 24.3 Å². The van der Waals surface area contributed by atoms with Crippen LogP contribution in [0.4, 0.5) is 0 Å². The van der Waals surface area contributed by atoms with Crippen molar-refractivity contribution in [3.05, 3.63) is 59.4 Å². The lowest BCUT2D eigenvalue weighted by Gasteiger charge is -2.28. The molecule has 1 aromatic carbocycles. The van der Waals surface area contributed by atoms with Crippen molar-refractivity contribution in [1.82, 2.24) is 9.47 Å². The molecule has 20 heavy (non-hydrogen) atoms. The van der Waals surface area contributed by atoms with Crippen LogP contribution in [0.2, 0.25) is 0 Å². The summed E-state index contributed by atoms with van der Waals surface area (Å²) in [5.74, 6) is -0.849. The first-order chi connectivity index (χ1) is 9.66. The number of rotatable bonds is 2. The van der Waals surface area contributed by atoms with Crippen molar-refractivity contribution in [3.8, 4) is 0 Å². The maximum atomic E-state index is 12.3. The zero-order valence-corrected chi connectivity index (χ0v) is 11.4. The summed E-state index contributed by atoms with van der Waals surface area (Å²) in [6.45, 7) is 1.12. The average Bonchev–Trinajstić information content (AvgIpc) is 2.91. The Balaban J connectivity index is 1.80. The fourth-order valence-electron chi connectivity index (χ4n) is 2.62. The molecular weight excluding hydrogens is 252 g/mol. The van der Waals surface area contributed by atoms with E-state index in [1.165, 1.54) is 5.56 Å². The monoisotopic (exact) mass is 268 g/mol. The molecule has 102 valence electrons. The molecule has 0 saturated carbocycles. The first-order valence-corrected chi connectivity index (χ1v) is 6.68. The highest BCUT2D eigenvalue weighted by molar-refractivity contribution is 6.42. The quantitative estimate of drug-likeness (QED) is 0.615. The minimum Gasteiger partial charge on any atom is -0.348 e. The fraction of sp³-hybridized carbons (Fsp3) is 0.250. The molecule has 2 aromatic rings. The molecule has 1 aliphatic heterocycles. The van der Waals surface area contributed by atoms with E-state index in [0.717, 1.165) is 12.0 Å². The second kappa shape index (κ2) is 4.96. The van der Waals surface area contributed by atoms with Crippen LogP contribution in [0.5, 0.6) is 0 Å². The Bertz CT molecular complexity index is 673. The van der Waals surface area contributed by atoms with Crippen LogP contribution in [0.1, 0.15) is 21.6 Å². The SMILES string of the molecule is Cn1cccc1C(=O)C(=O)N1CCc2ccccc2C1. The highest BCUT2D eigenvalue weighted by atomic mass is 16.2. The van der Waals surface area contributed by atoms with Gasteiger partial charge in [-0.2, -0.15) is 0 Å². The van der Waals surface area contributed by atoms with Gasteiger partial charge < -0.3 is 9.47 Å². The van der Waals surface area contributed by atoms with Crippen molar-refractivity contribution in [3.63, 3.8) is 0 Å². The van der Waals surface area contributed by atoms with Crippen LogP contribution >= 0.6 is 0 Å². The molecule has 0 spiro atoms. The third-order valence-electron chi connectivity index (χ3n) is 3.79. The van der Waals surface area contributed by atoms with Gasteiger partial charge in [0, 0.05) is 26.3 Å². The van der Waals surface area contributed by atoms with E-state index in [4.69, 9.17) is 0 Å². The second-order valence-electron chi connectivity index (χ2n) is 5.08. The lowest BCUT2D eigenvalue weighted by molar-refractivity contribution is -0.127. The number of amides is 1. The normalized spacial score (nSPS) is 13.9. The van der Waals surface area contributed by atoms with Crippen molar-refractivity contribution in [2.45, 2.75) is 13.0 Å². The van der Waals surface area contributed by atoms with Gasteiger partial charge in [0.05, 0.1) is 5.69 Å². The van der Waals surface area contributed by atoms with E-state index in [0.29, 0.717) is 18.8 Å². The number of hydrogen-bond acceptors (Lipinski definition) is 2. The van der Waals surface area contributed by atoms with Gasteiger partial charge in [-0.15, -0.1) is 0 Å². The predicted octanol–water partition coefficient (Wildman–Crippen LogP) is 1.79. The standard InChI is InChI=1S/C16H16N2O2/c1-17-9-4-7-14(17)15(19)16(20)18-10-8-12-5-2-3-6-13(12)11-18/h2-7,9H,8,10-11H2,1H3. The highest BCUT2D eigenvalue weighted by Crippen LogP contribution is 2.19. The van der Waals surface area contributed by atoms with Gasteiger partial charge in [-0.25, -0.2) is 0 Å². The number of hydrogen-bond donors (Lipinski definition) is 0. The van der Waals surface area contributed by atoms with Gasteiger partial charge in [0.15, 0.2) is 0 Å². The lowest BCUT2D eigenvalue weighted by atomic mass is 9.99. The molecule has 4 heteroatoms. The summed E-state index contributed by atoms with van der Waals surface area (Å²) in [6.07, 6.45) is 2.58. The number of carbonyl (C=O) groups excluding carboxylic acids is 2. The van der Waals surface area contributed by atoms with Crippen molar-refractivity contribution in [2.75, 3.05) is 6.54 Å². The lowest BCUT2D eigenvalue weighted by Crippen LogP contribution is -2.40. The molecule has 2 heterocycles. The fourth-order valence-corrected chi connectivity index (χ4v) is 2.62. The minimum atomic E-state index is -0.433. The summed E-state index contributed by atoms with van der Waals surface area (Å²) in [7, 11) is 1.77. The van der Waals surface area contributed by atoms with E-state index in [1.54, 1.807) is 34.8 Å². The molecule has 1 amide bonds. The maximum absolute atomic E-state index is 12.3. The maximum Gasteiger partial charge on any atom is 0.296 e. The van der Waals surface area contributed by atoms with Crippen molar-refractivity contribution in [2.24, 2.45) is 7.05 Å². The topological polar surface area (TPSA) is 42.3 Å². The summed E-state index contributed by atoms with van der Waals surface area (Å²) < 4.78 is 1.68. The molecule has 0 fully saturated rings. The summed E-state index contributed by atoms with van der Waals surface area (Å²) in [6, 6.07) is 11.5. The van der Waals surface area contributed by atoms with Crippen LogP contribution in [-0.4, -0.2) is 27.7 Å². The molecule has 0 bridgehead atoms. The number of benzene rings is 1. The van der Waals surface area contributed by atoms with Crippen molar-refractivity contribution >= 4 is 11.7 Å². The third kappa shape index (κ3) is 2.13. The van der Waals surface area contributed by atoms with Gasteiger partial charge in [0.1, 0.15) is 0 Å². The first kappa shape index (κ1) is 12.7. The highest BCUT2D eigenvalue weighted by Gasteiger charge is 2.27. The Morgan fingerprint density at radius 1 is 1.05 bits per heavy atom. The molecule has 0 unspecified atom stereocenters. The molecule has 0 radical (unpaired) electrons. The molecular formula is C16H16N2O2. The van der Waals surface area contributed by atoms with Gasteiger partial charge in [0.2, 0.25) is 0 Å². The minimum absolute atomic E-state index is 0.415. The van der Waals surface area contributed by atoms with E-state index in [-0.39, 0.29) is 0 Å². The second-order valence-corrected chi connectivity index (χ2v) is 5.08. The molecule has 3 rings (SSSR count). The van der Waals surface area contributed by atoms with E-state index in [1.807, 2.05) is 18.2 Å². The van der Waals surface area contributed by atoms with E-state index < -0.39 is 11.7 Å². The van der Waals surface area contributed by atoms with Crippen LogP contribution < -0.4 is 0 Å². The first-order valence-electron chi connectivity index (χ1n) is 6.68. The molecule has 0 N–H and O–H groups in total. The number of aromatic nitrogens is 1. The molecule has 4 nitrogen and oxygen atoms in total. The Hall–Kier alpha value is -2.36. The zero-order chi connectivity index (χ0) is 14.1.